The van der Waals surface area contributed by atoms with Crippen molar-refractivity contribution < 1.29 is 0 Å². The predicted molar refractivity (Wildman–Crippen MR) is 321 cm³/mol. The van der Waals surface area contributed by atoms with Crippen molar-refractivity contribution in [3.63, 3.8) is 0 Å². The van der Waals surface area contributed by atoms with Crippen LogP contribution in [-0.2, 0) is 17.3 Å². The summed E-state index contributed by atoms with van der Waals surface area (Å²) in [6.45, 7) is 9.53. The summed E-state index contributed by atoms with van der Waals surface area (Å²) in [5, 5.41) is 6.20. The molecule has 362 valence electrons. The molecule has 76 heavy (non-hydrogen) atoms. The molecule has 12 aromatic rings. The van der Waals surface area contributed by atoms with Crippen molar-refractivity contribution in [3.05, 3.63) is 282 Å². The van der Waals surface area contributed by atoms with Gasteiger partial charge in [0, 0.05) is 55.7 Å². The molecule has 11 aromatic carbocycles. The van der Waals surface area contributed by atoms with E-state index in [1.807, 2.05) is 0 Å². The van der Waals surface area contributed by atoms with Gasteiger partial charge in [-0.15, -0.1) is 0 Å². The summed E-state index contributed by atoms with van der Waals surface area (Å²) in [6.07, 6.45) is 5.80. The minimum atomic E-state index is -0.0770. The van der Waals surface area contributed by atoms with E-state index < -0.39 is 0 Å². The first-order valence-corrected chi connectivity index (χ1v) is 27.0. The Bertz CT molecular complexity index is 4300. The molecule has 1 unspecified atom stereocenters. The van der Waals surface area contributed by atoms with Gasteiger partial charge in [0.15, 0.2) is 0 Å². The Morgan fingerprint density at radius 3 is 1.58 bits per heavy atom. The third-order valence-corrected chi connectivity index (χ3v) is 17.5. The lowest BCUT2D eigenvalue weighted by Gasteiger charge is -2.29. The number of aromatic nitrogens is 1. The molecule has 0 amide bonds. The number of benzene rings is 11. The predicted octanol–water partition coefficient (Wildman–Crippen LogP) is 19.7. The number of rotatable bonds is 7. The molecule has 0 N–H and O–H groups in total. The maximum absolute atomic E-state index is 2.52. The highest BCUT2D eigenvalue weighted by molar-refractivity contribution is 6.22. The van der Waals surface area contributed by atoms with E-state index >= 15 is 0 Å². The third-order valence-electron chi connectivity index (χ3n) is 17.5. The molecule has 0 aliphatic heterocycles. The number of fused-ring (bicyclic) bond motifs is 11. The second-order valence-electron chi connectivity index (χ2n) is 22.4. The van der Waals surface area contributed by atoms with Crippen molar-refractivity contribution >= 4 is 55.6 Å². The van der Waals surface area contributed by atoms with Crippen molar-refractivity contribution in [2.24, 2.45) is 0 Å². The lowest BCUT2D eigenvalue weighted by molar-refractivity contribution is 0.658. The lowest BCUT2D eigenvalue weighted by Crippen LogP contribution is -2.16. The van der Waals surface area contributed by atoms with Gasteiger partial charge in [-0.05, 0) is 156 Å². The summed E-state index contributed by atoms with van der Waals surface area (Å²) in [4.78, 5) is 2.47. The number of para-hydroxylation sites is 1. The molecule has 0 saturated heterocycles. The van der Waals surface area contributed by atoms with Crippen molar-refractivity contribution in [3.8, 4) is 50.2 Å². The first kappa shape index (κ1) is 44.5. The van der Waals surface area contributed by atoms with Gasteiger partial charge < -0.3 is 9.47 Å². The molecule has 2 heteroatoms. The minimum absolute atomic E-state index is 0.0593. The average molecular weight is 973 g/mol. The fraction of sp³-hybridized carbons (Fsp3) is 0.108. The van der Waals surface area contributed by atoms with E-state index in [4.69, 9.17) is 0 Å². The molecule has 0 bridgehead atoms. The summed E-state index contributed by atoms with van der Waals surface area (Å²) in [5.41, 5.74) is 25.7. The fourth-order valence-electron chi connectivity index (χ4n) is 13.8. The third kappa shape index (κ3) is 6.59. The maximum Gasteiger partial charge on any atom is 0.0618 e. The molecule has 3 aliphatic carbocycles. The Balaban J connectivity index is 0.881. The van der Waals surface area contributed by atoms with E-state index in [-0.39, 0.29) is 16.7 Å². The minimum Gasteiger partial charge on any atom is -0.310 e. The van der Waals surface area contributed by atoms with Crippen LogP contribution in [0.4, 0.5) is 17.1 Å². The molecule has 0 spiro atoms. The number of hydrogen-bond acceptors (Lipinski definition) is 1. The van der Waals surface area contributed by atoms with Gasteiger partial charge in [-0.25, -0.2) is 0 Å². The normalized spacial score (nSPS) is 15.3. The van der Waals surface area contributed by atoms with Crippen LogP contribution in [-0.4, -0.2) is 4.57 Å². The Labute approximate surface area is 445 Å². The fourth-order valence-corrected chi connectivity index (χ4v) is 13.8. The summed E-state index contributed by atoms with van der Waals surface area (Å²) >= 11 is 0. The van der Waals surface area contributed by atoms with Gasteiger partial charge in [0.1, 0.15) is 0 Å². The van der Waals surface area contributed by atoms with Crippen LogP contribution in [0.25, 0.3) is 88.7 Å². The first-order chi connectivity index (χ1) is 37.2. The molecule has 15 rings (SSSR count). The van der Waals surface area contributed by atoms with Crippen LogP contribution in [0.15, 0.2) is 243 Å². The zero-order chi connectivity index (χ0) is 50.9. The largest absolute Gasteiger partial charge is 0.310 e. The number of allylic oxidation sites excluding steroid dienone is 1. The van der Waals surface area contributed by atoms with Crippen LogP contribution >= 0.6 is 0 Å². The van der Waals surface area contributed by atoms with Gasteiger partial charge in [-0.2, -0.15) is 0 Å². The highest BCUT2D eigenvalue weighted by Gasteiger charge is 2.37. The molecule has 1 aromatic heterocycles. The topological polar surface area (TPSA) is 8.17 Å². The maximum atomic E-state index is 2.52. The standard InChI is InChI=1S/C74H56N2/c1-73(2)65-29-17-15-23-55(65)57-39-31-50(45-67(57)73)48-33-41-69-63(43-48)64-44-49(51-32-40-58-56-24-16-18-30-66(56)74(3,4)68(58)46-51)34-42-70(64)76(69)54-37-35-53(36-38-54)75(52-21-9-6-10-22-52)72-61-27-13-11-25-59(61)71(47-19-7-5-8-20-47)60-26-12-14-28-62(60)72/h5-43,45-46,49H,44H2,1-4H3. The molecule has 1 heterocycles. The second-order valence-corrected chi connectivity index (χ2v) is 22.4. The molecule has 3 aliphatic rings. The zero-order valence-electron chi connectivity index (χ0n) is 43.4. The van der Waals surface area contributed by atoms with E-state index in [1.165, 1.54) is 122 Å². The van der Waals surface area contributed by atoms with E-state index in [0.29, 0.717) is 0 Å². The molecular formula is C74H56N2. The molecule has 0 saturated carbocycles. The van der Waals surface area contributed by atoms with E-state index in [9.17, 15) is 0 Å². The summed E-state index contributed by atoms with van der Waals surface area (Å²) in [5.74, 6) is 0.235. The van der Waals surface area contributed by atoms with Crippen molar-refractivity contribution in [1.29, 1.82) is 0 Å². The second kappa shape index (κ2) is 16.8. The van der Waals surface area contributed by atoms with Crippen molar-refractivity contribution in [1.82, 2.24) is 4.57 Å². The van der Waals surface area contributed by atoms with Gasteiger partial charge in [-0.1, -0.05) is 216 Å². The van der Waals surface area contributed by atoms with Crippen LogP contribution in [0.5, 0.6) is 0 Å². The Morgan fingerprint density at radius 1 is 0.408 bits per heavy atom. The number of nitrogens with zero attached hydrogens (tertiary/aromatic N) is 2. The average Bonchev–Trinajstić information content (AvgIpc) is 4.13. The SMILES string of the molecule is CC1(C)c2ccccc2-c2ccc(-c3ccc4c(c3)c3c(n4-c4ccc(N(c5ccccc5)c5c6ccccc6c(-c6ccccc6)c6ccccc56)cc4)C=CC(c4ccc5c(c4)C(C)(C)c4ccccc4-5)C3)cc21. The summed E-state index contributed by atoms with van der Waals surface area (Å²) in [6, 6.07) is 88.5. The van der Waals surface area contributed by atoms with E-state index in [1.54, 1.807) is 0 Å². The Morgan fingerprint density at radius 2 is 0.921 bits per heavy atom. The van der Waals surface area contributed by atoms with Crippen molar-refractivity contribution in [2.45, 2.75) is 50.9 Å². The molecule has 2 nitrogen and oxygen atoms in total. The zero-order valence-corrected chi connectivity index (χ0v) is 43.4. The molecular weight excluding hydrogens is 917 g/mol. The molecule has 0 radical (unpaired) electrons. The summed E-state index contributed by atoms with van der Waals surface area (Å²) in [7, 11) is 0. The Hall–Kier alpha value is -8.98. The highest BCUT2D eigenvalue weighted by atomic mass is 15.1. The van der Waals surface area contributed by atoms with E-state index in [0.717, 1.165) is 23.5 Å². The van der Waals surface area contributed by atoms with E-state index in [2.05, 4.69) is 286 Å². The summed E-state index contributed by atoms with van der Waals surface area (Å²) < 4.78 is 2.52. The highest BCUT2D eigenvalue weighted by Crippen LogP contribution is 2.53. The van der Waals surface area contributed by atoms with Crippen LogP contribution in [0.1, 0.15) is 72.7 Å². The number of hydrogen-bond donors (Lipinski definition) is 0. The van der Waals surface area contributed by atoms with Gasteiger partial charge >= 0.3 is 0 Å². The van der Waals surface area contributed by atoms with Gasteiger partial charge in [-0.3, -0.25) is 0 Å². The quantitative estimate of drug-likeness (QED) is 0.145. The van der Waals surface area contributed by atoms with Crippen LogP contribution in [0.3, 0.4) is 0 Å². The van der Waals surface area contributed by atoms with Crippen molar-refractivity contribution in [2.75, 3.05) is 4.90 Å². The molecule has 1 atom stereocenters. The first-order valence-electron chi connectivity index (χ1n) is 27.0. The smallest absolute Gasteiger partial charge is 0.0618 e. The van der Waals surface area contributed by atoms with Gasteiger partial charge in [0.05, 0.1) is 11.2 Å². The van der Waals surface area contributed by atoms with Crippen LogP contribution < -0.4 is 4.90 Å². The Kier molecular flexibility index (Phi) is 9.82. The molecule has 0 fully saturated rings. The monoisotopic (exact) mass is 972 g/mol. The van der Waals surface area contributed by atoms with Gasteiger partial charge in [0.25, 0.3) is 0 Å². The van der Waals surface area contributed by atoms with Gasteiger partial charge in [0.2, 0.25) is 0 Å². The number of anilines is 3. The van der Waals surface area contributed by atoms with Crippen LogP contribution in [0, 0.1) is 0 Å². The van der Waals surface area contributed by atoms with Crippen LogP contribution in [0.2, 0.25) is 0 Å². The lowest BCUT2D eigenvalue weighted by atomic mass is 9.79.